The average molecular weight is 394 g/mol. The van der Waals surface area contributed by atoms with Gasteiger partial charge in [-0.05, 0) is 53.9 Å². The van der Waals surface area contributed by atoms with E-state index in [9.17, 15) is 0 Å². The molecular formula is C17H17Cl2N5O2. The molecule has 0 saturated carbocycles. The highest BCUT2D eigenvalue weighted by atomic mass is 35.5. The summed E-state index contributed by atoms with van der Waals surface area (Å²) in [5.74, 6) is 1.82. The summed E-state index contributed by atoms with van der Waals surface area (Å²) in [6.45, 7) is 0. The van der Waals surface area contributed by atoms with Crippen molar-refractivity contribution in [2.75, 3.05) is 21.3 Å². The van der Waals surface area contributed by atoms with Crippen LogP contribution in [0.4, 0.5) is 0 Å². The number of nitrogens with one attached hydrogen (secondary N) is 1. The molecule has 0 amide bonds. The molecule has 7 nitrogen and oxygen atoms in total. The second-order valence-corrected chi connectivity index (χ2v) is 6.22. The highest BCUT2D eigenvalue weighted by Gasteiger charge is 2.25. The summed E-state index contributed by atoms with van der Waals surface area (Å²) in [5, 5.41) is 16.2. The molecule has 0 saturated heterocycles. The van der Waals surface area contributed by atoms with Gasteiger partial charge < -0.3 is 14.8 Å². The van der Waals surface area contributed by atoms with E-state index in [1.807, 2.05) is 24.3 Å². The number of hydrogen-bond acceptors (Lipinski definition) is 6. The highest BCUT2D eigenvalue weighted by Crippen LogP contribution is 2.37. The fourth-order valence-corrected chi connectivity index (χ4v) is 3.30. The second kappa shape index (κ2) is 7.90. The van der Waals surface area contributed by atoms with E-state index < -0.39 is 6.04 Å². The summed E-state index contributed by atoms with van der Waals surface area (Å²) >= 11 is 12.5. The lowest BCUT2D eigenvalue weighted by Crippen LogP contribution is -2.23. The largest absolute Gasteiger partial charge is 0.497 e. The van der Waals surface area contributed by atoms with E-state index in [0.717, 1.165) is 17.0 Å². The first-order chi connectivity index (χ1) is 12.6. The Hall–Kier alpha value is -2.35. The number of halogens is 2. The van der Waals surface area contributed by atoms with E-state index in [4.69, 9.17) is 32.7 Å². The molecule has 0 aliphatic carbocycles. The minimum Gasteiger partial charge on any atom is -0.497 e. The maximum atomic E-state index is 6.28. The van der Waals surface area contributed by atoms with Crippen molar-refractivity contribution in [1.82, 2.24) is 25.5 Å². The van der Waals surface area contributed by atoms with Gasteiger partial charge in [-0.25, -0.2) is 0 Å². The van der Waals surface area contributed by atoms with Crippen LogP contribution in [0.25, 0.3) is 5.69 Å². The number of aromatic nitrogens is 4. The van der Waals surface area contributed by atoms with Gasteiger partial charge in [-0.1, -0.05) is 23.2 Å². The Morgan fingerprint density at radius 2 is 1.81 bits per heavy atom. The van der Waals surface area contributed by atoms with Gasteiger partial charge in [0.15, 0.2) is 5.82 Å². The molecule has 1 aromatic heterocycles. The quantitative estimate of drug-likeness (QED) is 0.692. The fraction of sp³-hybridized carbons (Fsp3) is 0.235. The Morgan fingerprint density at radius 3 is 2.42 bits per heavy atom. The monoisotopic (exact) mass is 393 g/mol. The van der Waals surface area contributed by atoms with Crippen molar-refractivity contribution in [3.05, 3.63) is 57.8 Å². The van der Waals surface area contributed by atoms with Gasteiger partial charge in [0.05, 0.1) is 31.0 Å². The van der Waals surface area contributed by atoms with Crippen LogP contribution in [0.5, 0.6) is 11.5 Å². The molecule has 0 fully saturated rings. The molecule has 2 aromatic carbocycles. The molecule has 0 radical (unpaired) electrons. The van der Waals surface area contributed by atoms with E-state index >= 15 is 0 Å². The van der Waals surface area contributed by atoms with E-state index in [0.29, 0.717) is 21.6 Å². The molecule has 0 unspecified atom stereocenters. The maximum absolute atomic E-state index is 6.28. The molecule has 0 spiro atoms. The van der Waals surface area contributed by atoms with Gasteiger partial charge in [0.1, 0.15) is 11.5 Å². The van der Waals surface area contributed by atoms with Gasteiger partial charge in [-0.3, -0.25) is 0 Å². The molecule has 3 aromatic rings. The lowest BCUT2D eigenvalue weighted by molar-refractivity contribution is 0.404. The topological polar surface area (TPSA) is 74.1 Å². The van der Waals surface area contributed by atoms with Gasteiger partial charge in [0.25, 0.3) is 0 Å². The van der Waals surface area contributed by atoms with Crippen molar-refractivity contribution < 1.29 is 9.47 Å². The molecule has 3 rings (SSSR count). The Balaban J connectivity index is 2.09. The minimum absolute atomic E-state index is 0.391. The number of nitrogens with zero attached hydrogens (tertiary/aromatic N) is 4. The van der Waals surface area contributed by atoms with Crippen molar-refractivity contribution in [2.45, 2.75) is 6.04 Å². The zero-order chi connectivity index (χ0) is 18.7. The Bertz CT molecular complexity index is 899. The summed E-state index contributed by atoms with van der Waals surface area (Å²) in [5.41, 5.74) is 1.52. The third kappa shape index (κ3) is 3.46. The van der Waals surface area contributed by atoms with Crippen LogP contribution in [0.15, 0.2) is 36.4 Å². The average Bonchev–Trinajstić information content (AvgIpc) is 3.11. The third-order valence-electron chi connectivity index (χ3n) is 3.91. The first-order valence-electron chi connectivity index (χ1n) is 7.72. The van der Waals surface area contributed by atoms with Gasteiger partial charge in [-0.15, -0.1) is 5.10 Å². The number of tetrazole rings is 1. The number of hydrogen-bond donors (Lipinski definition) is 1. The number of rotatable bonds is 6. The van der Waals surface area contributed by atoms with Gasteiger partial charge in [0, 0.05) is 10.6 Å². The van der Waals surface area contributed by atoms with Crippen molar-refractivity contribution in [2.24, 2.45) is 0 Å². The minimum atomic E-state index is -0.391. The summed E-state index contributed by atoms with van der Waals surface area (Å²) in [4.78, 5) is 0. The smallest absolute Gasteiger partial charge is 0.178 e. The van der Waals surface area contributed by atoms with Gasteiger partial charge in [-0.2, -0.15) is 4.68 Å². The Kier molecular flexibility index (Phi) is 5.61. The fourth-order valence-electron chi connectivity index (χ4n) is 2.72. The number of ether oxygens (including phenoxy) is 2. The molecule has 0 aliphatic rings. The zero-order valence-corrected chi connectivity index (χ0v) is 15.9. The molecule has 9 heteroatoms. The van der Waals surface area contributed by atoms with E-state index in [2.05, 4.69) is 20.8 Å². The van der Waals surface area contributed by atoms with Crippen LogP contribution in [0, 0.1) is 0 Å². The van der Waals surface area contributed by atoms with Crippen molar-refractivity contribution in [3.63, 3.8) is 0 Å². The van der Waals surface area contributed by atoms with E-state index in [1.54, 1.807) is 38.1 Å². The molecule has 1 atom stereocenters. The van der Waals surface area contributed by atoms with Crippen LogP contribution in [-0.4, -0.2) is 41.5 Å². The predicted molar refractivity (Wildman–Crippen MR) is 99.6 cm³/mol. The Labute approximate surface area is 160 Å². The summed E-state index contributed by atoms with van der Waals surface area (Å²) < 4.78 is 12.3. The number of benzene rings is 2. The van der Waals surface area contributed by atoms with Gasteiger partial charge in [0.2, 0.25) is 0 Å². The first kappa shape index (κ1) is 18.4. The van der Waals surface area contributed by atoms with Crippen LogP contribution < -0.4 is 14.8 Å². The first-order valence-corrected chi connectivity index (χ1v) is 8.47. The molecule has 26 heavy (non-hydrogen) atoms. The van der Waals surface area contributed by atoms with Crippen molar-refractivity contribution in [1.29, 1.82) is 0 Å². The van der Waals surface area contributed by atoms with Crippen LogP contribution in [0.1, 0.15) is 17.4 Å². The van der Waals surface area contributed by atoms with Gasteiger partial charge >= 0.3 is 0 Å². The second-order valence-electron chi connectivity index (χ2n) is 5.38. The molecular weight excluding hydrogens is 377 g/mol. The Morgan fingerprint density at radius 1 is 1.08 bits per heavy atom. The normalized spacial score (nSPS) is 12.0. The van der Waals surface area contributed by atoms with Crippen LogP contribution in [-0.2, 0) is 0 Å². The van der Waals surface area contributed by atoms with Crippen LogP contribution in [0.2, 0.25) is 10.0 Å². The van der Waals surface area contributed by atoms with Crippen molar-refractivity contribution in [3.8, 4) is 17.2 Å². The molecule has 1 N–H and O–H groups in total. The van der Waals surface area contributed by atoms with E-state index in [1.165, 1.54) is 0 Å². The molecule has 0 bridgehead atoms. The molecule has 136 valence electrons. The SMILES string of the molecule is CN[C@@H](c1cc(Cl)cc(Cl)c1OC)c1nnnn1-c1ccc(OC)cc1. The zero-order valence-electron chi connectivity index (χ0n) is 14.4. The summed E-state index contributed by atoms with van der Waals surface area (Å²) in [6, 6.07) is 10.4. The summed E-state index contributed by atoms with van der Waals surface area (Å²) in [6.07, 6.45) is 0. The lowest BCUT2D eigenvalue weighted by atomic mass is 10.0. The highest BCUT2D eigenvalue weighted by molar-refractivity contribution is 6.35. The summed E-state index contributed by atoms with van der Waals surface area (Å²) in [7, 11) is 4.97. The third-order valence-corrected chi connectivity index (χ3v) is 4.41. The lowest BCUT2D eigenvalue weighted by Gasteiger charge is -2.20. The standard InChI is InChI=1S/C17H17Cl2N5O2/c1-20-15(13-8-10(18)9-14(19)16(13)26-3)17-21-22-23-24(17)11-4-6-12(25-2)7-5-11/h4-9,15,20H,1-3H3/t15-/m0/s1. The predicted octanol–water partition coefficient (Wildman–Crippen LogP) is 3.30. The van der Waals surface area contributed by atoms with E-state index in [-0.39, 0.29) is 0 Å². The molecule has 0 aliphatic heterocycles. The maximum Gasteiger partial charge on any atom is 0.178 e. The van der Waals surface area contributed by atoms with Crippen LogP contribution in [0.3, 0.4) is 0 Å². The molecule has 1 heterocycles. The van der Waals surface area contributed by atoms with Crippen LogP contribution >= 0.6 is 23.2 Å². The number of methoxy groups -OCH3 is 2. The van der Waals surface area contributed by atoms with Crippen molar-refractivity contribution >= 4 is 23.2 Å².